The van der Waals surface area contributed by atoms with Crippen LogP contribution in [-0.4, -0.2) is 36.1 Å². The molecule has 0 amide bonds. The Labute approximate surface area is 102 Å². The molecule has 1 aromatic rings. The molecule has 0 radical (unpaired) electrons. The van der Waals surface area contributed by atoms with E-state index >= 15 is 0 Å². The molecule has 2 aliphatic rings. The Morgan fingerprint density at radius 2 is 1.24 bits per heavy atom. The Bertz CT molecular complexity index is 360. The molecular formula is C12H19N5. The summed E-state index contributed by atoms with van der Waals surface area (Å²) in [5.74, 6) is 1.86. The van der Waals surface area contributed by atoms with Crippen LogP contribution >= 0.6 is 0 Å². The lowest BCUT2D eigenvalue weighted by Gasteiger charge is -2.23. The predicted octanol–water partition coefficient (Wildman–Crippen LogP) is 1.26. The van der Waals surface area contributed by atoms with Crippen LogP contribution in [0.15, 0.2) is 6.33 Å². The van der Waals surface area contributed by atoms with E-state index in [9.17, 15) is 0 Å². The fourth-order valence-electron chi connectivity index (χ4n) is 2.74. The van der Waals surface area contributed by atoms with Crippen molar-refractivity contribution in [2.45, 2.75) is 25.7 Å². The molecule has 5 heteroatoms. The summed E-state index contributed by atoms with van der Waals surface area (Å²) in [4.78, 5) is 13.3. The van der Waals surface area contributed by atoms with Crippen LogP contribution in [0, 0.1) is 0 Å². The van der Waals surface area contributed by atoms with Gasteiger partial charge in [0, 0.05) is 26.2 Å². The fourth-order valence-corrected chi connectivity index (χ4v) is 2.74. The molecule has 5 nitrogen and oxygen atoms in total. The molecule has 17 heavy (non-hydrogen) atoms. The molecule has 2 aliphatic heterocycles. The molecule has 1 aromatic heterocycles. The number of nitrogens with zero attached hydrogens (tertiary/aromatic N) is 4. The lowest BCUT2D eigenvalue weighted by atomic mass is 10.3. The zero-order chi connectivity index (χ0) is 11.7. The second-order valence-electron chi connectivity index (χ2n) is 4.82. The number of hydrogen-bond acceptors (Lipinski definition) is 5. The average Bonchev–Trinajstić information content (AvgIpc) is 3.02. The van der Waals surface area contributed by atoms with Crippen molar-refractivity contribution < 1.29 is 0 Å². The molecule has 0 aromatic carbocycles. The first kappa shape index (κ1) is 10.6. The number of aromatic nitrogens is 2. The van der Waals surface area contributed by atoms with Gasteiger partial charge in [-0.25, -0.2) is 9.97 Å². The molecule has 0 aliphatic carbocycles. The minimum absolute atomic E-state index is 0.760. The molecule has 2 N–H and O–H groups in total. The molecule has 0 saturated carbocycles. The number of hydrogen-bond donors (Lipinski definition) is 1. The Kier molecular flexibility index (Phi) is 2.74. The van der Waals surface area contributed by atoms with Gasteiger partial charge in [0.1, 0.15) is 12.0 Å². The van der Waals surface area contributed by atoms with Crippen LogP contribution in [0.3, 0.4) is 0 Å². The molecule has 92 valence electrons. The highest BCUT2D eigenvalue weighted by Gasteiger charge is 2.22. The summed E-state index contributed by atoms with van der Waals surface area (Å²) in [6, 6.07) is 0. The van der Waals surface area contributed by atoms with Gasteiger partial charge in [0.15, 0.2) is 11.6 Å². The zero-order valence-electron chi connectivity index (χ0n) is 10.1. The quantitative estimate of drug-likeness (QED) is 0.833. The summed E-state index contributed by atoms with van der Waals surface area (Å²) in [6.07, 6.45) is 6.60. The Morgan fingerprint density at radius 1 is 0.824 bits per heavy atom. The van der Waals surface area contributed by atoms with Crippen molar-refractivity contribution in [3.05, 3.63) is 6.33 Å². The van der Waals surface area contributed by atoms with Crippen LogP contribution in [-0.2, 0) is 0 Å². The highest BCUT2D eigenvalue weighted by Crippen LogP contribution is 2.32. The van der Waals surface area contributed by atoms with Crippen LogP contribution in [0.1, 0.15) is 25.7 Å². The smallest absolute Gasteiger partial charge is 0.157 e. The van der Waals surface area contributed by atoms with Crippen LogP contribution in [0.4, 0.5) is 17.3 Å². The van der Waals surface area contributed by atoms with Crippen LogP contribution in [0.2, 0.25) is 0 Å². The number of rotatable bonds is 2. The summed E-state index contributed by atoms with van der Waals surface area (Å²) < 4.78 is 0. The minimum Gasteiger partial charge on any atom is -0.393 e. The third-order valence-corrected chi connectivity index (χ3v) is 3.65. The van der Waals surface area contributed by atoms with Crippen LogP contribution in [0.25, 0.3) is 0 Å². The van der Waals surface area contributed by atoms with Gasteiger partial charge >= 0.3 is 0 Å². The first-order valence-corrected chi connectivity index (χ1v) is 6.46. The van der Waals surface area contributed by atoms with E-state index in [-0.39, 0.29) is 0 Å². The Morgan fingerprint density at radius 3 is 1.65 bits per heavy atom. The van der Waals surface area contributed by atoms with Gasteiger partial charge in [-0.2, -0.15) is 0 Å². The van der Waals surface area contributed by atoms with E-state index in [1.165, 1.54) is 25.7 Å². The van der Waals surface area contributed by atoms with Crippen molar-refractivity contribution in [3.8, 4) is 0 Å². The van der Waals surface area contributed by atoms with Crippen molar-refractivity contribution in [3.63, 3.8) is 0 Å². The van der Waals surface area contributed by atoms with Gasteiger partial charge in [-0.1, -0.05) is 0 Å². The van der Waals surface area contributed by atoms with E-state index in [4.69, 9.17) is 5.73 Å². The lowest BCUT2D eigenvalue weighted by Crippen LogP contribution is -2.25. The molecule has 0 bridgehead atoms. The highest BCUT2D eigenvalue weighted by atomic mass is 15.3. The van der Waals surface area contributed by atoms with Gasteiger partial charge in [-0.3, -0.25) is 0 Å². The maximum atomic E-state index is 6.23. The molecule has 3 rings (SSSR count). The van der Waals surface area contributed by atoms with Crippen molar-refractivity contribution >= 4 is 17.3 Å². The van der Waals surface area contributed by atoms with Crippen molar-refractivity contribution in [2.24, 2.45) is 0 Å². The Hall–Kier alpha value is -1.52. The summed E-state index contributed by atoms with van der Waals surface area (Å²) in [7, 11) is 0. The van der Waals surface area contributed by atoms with Crippen molar-refractivity contribution in [1.82, 2.24) is 9.97 Å². The van der Waals surface area contributed by atoms with E-state index in [0.717, 1.165) is 43.5 Å². The minimum atomic E-state index is 0.760. The summed E-state index contributed by atoms with van der Waals surface area (Å²) in [5, 5.41) is 0. The summed E-state index contributed by atoms with van der Waals surface area (Å²) in [5.41, 5.74) is 7.00. The standard InChI is InChI=1S/C12H19N5/c13-10-11(16-5-1-2-6-16)14-9-15-12(10)17-7-3-4-8-17/h9H,1-8,13H2. The van der Waals surface area contributed by atoms with E-state index in [1.807, 2.05) is 0 Å². The predicted molar refractivity (Wildman–Crippen MR) is 69.3 cm³/mol. The number of anilines is 3. The van der Waals surface area contributed by atoms with Gasteiger partial charge in [-0.05, 0) is 25.7 Å². The maximum Gasteiger partial charge on any atom is 0.157 e. The number of nitrogens with two attached hydrogens (primary N) is 1. The molecule has 0 unspecified atom stereocenters. The molecule has 0 atom stereocenters. The van der Waals surface area contributed by atoms with Crippen molar-refractivity contribution in [1.29, 1.82) is 0 Å². The van der Waals surface area contributed by atoms with E-state index in [1.54, 1.807) is 6.33 Å². The maximum absolute atomic E-state index is 6.23. The monoisotopic (exact) mass is 233 g/mol. The first-order chi connectivity index (χ1) is 8.36. The zero-order valence-corrected chi connectivity index (χ0v) is 10.1. The summed E-state index contributed by atoms with van der Waals surface area (Å²) >= 11 is 0. The van der Waals surface area contributed by atoms with E-state index < -0.39 is 0 Å². The van der Waals surface area contributed by atoms with Gasteiger partial charge in [-0.15, -0.1) is 0 Å². The summed E-state index contributed by atoms with van der Waals surface area (Å²) in [6.45, 7) is 4.28. The van der Waals surface area contributed by atoms with E-state index in [0.29, 0.717) is 0 Å². The highest BCUT2D eigenvalue weighted by molar-refractivity contribution is 5.76. The van der Waals surface area contributed by atoms with Gasteiger partial charge in [0.25, 0.3) is 0 Å². The molecule has 2 fully saturated rings. The normalized spacial score (nSPS) is 20.2. The number of nitrogen functional groups attached to an aromatic ring is 1. The third kappa shape index (κ3) is 1.90. The van der Waals surface area contributed by atoms with E-state index in [2.05, 4.69) is 19.8 Å². The van der Waals surface area contributed by atoms with Gasteiger partial charge in [0.2, 0.25) is 0 Å². The third-order valence-electron chi connectivity index (χ3n) is 3.65. The fraction of sp³-hybridized carbons (Fsp3) is 0.667. The first-order valence-electron chi connectivity index (χ1n) is 6.46. The van der Waals surface area contributed by atoms with Crippen LogP contribution < -0.4 is 15.5 Å². The van der Waals surface area contributed by atoms with Crippen molar-refractivity contribution in [2.75, 3.05) is 41.7 Å². The largest absolute Gasteiger partial charge is 0.393 e. The molecular weight excluding hydrogens is 214 g/mol. The SMILES string of the molecule is Nc1c(N2CCCC2)ncnc1N1CCCC1. The second kappa shape index (κ2) is 4.39. The lowest BCUT2D eigenvalue weighted by molar-refractivity contribution is 0.900. The average molecular weight is 233 g/mol. The molecule has 3 heterocycles. The molecule has 2 saturated heterocycles. The van der Waals surface area contributed by atoms with Gasteiger partial charge < -0.3 is 15.5 Å². The van der Waals surface area contributed by atoms with Gasteiger partial charge in [0.05, 0.1) is 0 Å². The second-order valence-corrected chi connectivity index (χ2v) is 4.82. The van der Waals surface area contributed by atoms with Crippen LogP contribution in [0.5, 0.6) is 0 Å². The molecule has 0 spiro atoms. The Balaban J connectivity index is 1.91. The topological polar surface area (TPSA) is 58.3 Å².